The van der Waals surface area contributed by atoms with Crippen molar-refractivity contribution in [3.05, 3.63) is 0 Å². The lowest BCUT2D eigenvalue weighted by atomic mass is 9.47. The van der Waals surface area contributed by atoms with Crippen molar-refractivity contribution in [2.75, 3.05) is 0 Å². The molecule has 4 aliphatic rings. The van der Waals surface area contributed by atoms with E-state index in [0.717, 1.165) is 25.7 Å². The third-order valence-electron chi connectivity index (χ3n) is 5.02. The quantitative estimate of drug-likeness (QED) is 0.668. The first kappa shape index (κ1) is 9.79. The number of hydrogen-bond donors (Lipinski definition) is 2. The van der Waals surface area contributed by atoms with Crippen molar-refractivity contribution in [3.63, 3.8) is 0 Å². The van der Waals surface area contributed by atoms with Gasteiger partial charge in [0.15, 0.2) is 0 Å². The first-order chi connectivity index (χ1) is 7.01. The molecule has 3 nitrogen and oxygen atoms in total. The molecular formula is C12H19NO2. The van der Waals surface area contributed by atoms with Gasteiger partial charge in [-0.15, -0.1) is 0 Å². The van der Waals surface area contributed by atoms with Crippen LogP contribution in [0.4, 0.5) is 0 Å². The van der Waals surface area contributed by atoms with E-state index in [0.29, 0.717) is 11.8 Å². The van der Waals surface area contributed by atoms with E-state index in [1.807, 2.05) is 0 Å². The number of rotatable bonds is 1. The molecule has 4 saturated carbocycles. The summed E-state index contributed by atoms with van der Waals surface area (Å²) in [4.78, 5) is 11.6. The molecule has 4 fully saturated rings. The summed E-state index contributed by atoms with van der Waals surface area (Å²) in [6.45, 7) is 1.68. The third kappa shape index (κ3) is 1.16. The van der Waals surface area contributed by atoms with Crippen molar-refractivity contribution in [2.45, 2.75) is 44.2 Å². The summed E-state index contributed by atoms with van der Waals surface area (Å²) in [7, 11) is 0. The Morgan fingerprint density at radius 1 is 1.40 bits per heavy atom. The van der Waals surface area contributed by atoms with Crippen LogP contribution in [-0.2, 0) is 4.79 Å². The van der Waals surface area contributed by atoms with Gasteiger partial charge in [-0.3, -0.25) is 4.79 Å². The van der Waals surface area contributed by atoms with Gasteiger partial charge in [0, 0.05) is 12.0 Å². The lowest BCUT2D eigenvalue weighted by Crippen LogP contribution is -2.67. The molecule has 84 valence electrons. The van der Waals surface area contributed by atoms with E-state index in [1.165, 1.54) is 0 Å². The Hall–Kier alpha value is -0.410. The number of hydrogen-bond acceptors (Lipinski definition) is 3. The molecule has 0 aromatic carbocycles. The van der Waals surface area contributed by atoms with Gasteiger partial charge in [0.1, 0.15) is 5.78 Å². The fourth-order valence-electron chi connectivity index (χ4n) is 4.64. The van der Waals surface area contributed by atoms with Crippen LogP contribution in [0.1, 0.15) is 32.6 Å². The van der Waals surface area contributed by atoms with E-state index in [9.17, 15) is 9.90 Å². The minimum absolute atomic E-state index is 0.136. The summed E-state index contributed by atoms with van der Waals surface area (Å²) < 4.78 is 0. The molecule has 6 atom stereocenters. The molecule has 0 heterocycles. The average Bonchev–Trinajstić information content (AvgIpc) is 2.11. The summed E-state index contributed by atoms with van der Waals surface area (Å²) in [6, 6.07) is -0.167. The van der Waals surface area contributed by atoms with E-state index < -0.39 is 5.60 Å². The van der Waals surface area contributed by atoms with Crippen LogP contribution in [0.2, 0.25) is 0 Å². The van der Waals surface area contributed by atoms with Crippen LogP contribution in [0.5, 0.6) is 0 Å². The Labute approximate surface area is 90.0 Å². The van der Waals surface area contributed by atoms with Gasteiger partial charge in [-0.2, -0.15) is 0 Å². The number of carbonyl (C=O) groups excluding carboxylic acids is 1. The van der Waals surface area contributed by atoms with Crippen LogP contribution >= 0.6 is 0 Å². The van der Waals surface area contributed by atoms with Crippen molar-refractivity contribution in [3.8, 4) is 0 Å². The predicted octanol–water partition coefficient (Wildman–Crippen LogP) is 0.700. The lowest BCUT2D eigenvalue weighted by molar-refractivity contribution is -0.172. The highest BCUT2D eigenvalue weighted by atomic mass is 16.3. The zero-order valence-electron chi connectivity index (χ0n) is 9.15. The van der Waals surface area contributed by atoms with Crippen molar-refractivity contribution < 1.29 is 9.90 Å². The molecule has 4 aliphatic carbocycles. The summed E-state index contributed by atoms with van der Waals surface area (Å²) in [5.74, 6) is 1.69. The summed E-state index contributed by atoms with van der Waals surface area (Å²) in [5, 5.41) is 10.4. The number of aliphatic hydroxyl groups is 1. The monoisotopic (exact) mass is 209 g/mol. The zero-order chi connectivity index (χ0) is 10.8. The Morgan fingerprint density at radius 3 is 2.80 bits per heavy atom. The van der Waals surface area contributed by atoms with Crippen LogP contribution < -0.4 is 5.73 Å². The maximum atomic E-state index is 11.6. The summed E-state index contributed by atoms with van der Waals surface area (Å²) >= 11 is 0. The molecule has 0 spiro atoms. The second-order valence-electron chi connectivity index (χ2n) is 5.94. The number of ketones is 1. The van der Waals surface area contributed by atoms with E-state index in [1.54, 1.807) is 6.92 Å². The van der Waals surface area contributed by atoms with E-state index in [4.69, 9.17) is 5.73 Å². The van der Waals surface area contributed by atoms with Crippen LogP contribution in [0, 0.1) is 23.7 Å². The molecule has 4 bridgehead atoms. The molecule has 6 unspecified atom stereocenters. The highest BCUT2D eigenvalue weighted by Crippen LogP contribution is 2.57. The highest BCUT2D eigenvalue weighted by molar-refractivity contribution is 5.79. The normalized spacial score (nSPS) is 57.1. The Morgan fingerprint density at radius 2 is 2.13 bits per heavy atom. The standard InChI is InChI=1S/C12H19NO2/c1-6(14)10-8-2-7-3-9(10)11(13)12(15,4-7)5-8/h7-11,15H,2-5,13H2,1H3. The van der Waals surface area contributed by atoms with Crippen molar-refractivity contribution in [1.29, 1.82) is 0 Å². The fraction of sp³-hybridized carbons (Fsp3) is 0.917. The maximum Gasteiger partial charge on any atom is 0.133 e. The molecule has 0 aromatic heterocycles. The SMILES string of the molecule is CC(=O)C1C2CC3CC1C(N)C(O)(C3)C2. The topological polar surface area (TPSA) is 63.3 Å². The van der Waals surface area contributed by atoms with Gasteiger partial charge in [0.2, 0.25) is 0 Å². The van der Waals surface area contributed by atoms with Gasteiger partial charge in [0.05, 0.1) is 5.60 Å². The summed E-state index contributed by atoms with van der Waals surface area (Å²) in [5.41, 5.74) is 5.48. The molecule has 0 aliphatic heterocycles. The highest BCUT2D eigenvalue weighted by Gasteiger charge is 2.60. The Bertz CT molecular complexity index is 317. The number of nitrogens with two attached hydrogens (primary N) is 1. The summed E-state index contributed by atoms with van der Waals surface area (Å²) in [6.07, 6.45) is 3.82. The van der Waals surface area contributed by atoms with Crippen molar-refractivity contribution >= 4 is 5.78 Å². The van der Waals surface area contributed by atoms with Gasteiger partial charge in [-0.25, -0.2) is 0 Å². The zero-order valence-corrected chi connectivity index (χ0v) is 9.15. The molecule has 15 heavy (non-hydrogen) atoms. The molecule has 0 amide bonds. The minimum atomic E-state index is -0.650. The van der Waals surface area contributed by atoms with Crippen molar-refractivity contribution in [2.24, 2.45) is 29.4 Å². The molecule has 0 saturated heterocycles. The fourth-order valence-corrected chi connectivity index (χ4v) is 4.64. The molecule has 3 heteroatoms. The predicted molar refractivity (Wildman–Crippen MR) is 56.0 cm³/mol. The second-order valence-corrected chi connectivity index (χ2v) is 5.94. The average molecular weight is 209 g/mol. The van der Waals surface area contributed by atoms with E-state index in [2.05, 4.69) is 0 Å². The maximum absolute atomic E-state index is 11.6. The molecule has 3 N–H and O–H groups in total. The smallest absolute Gasteiger partial charge is 0.133 e. The minimum Gasteiger partial charge on any atom is -0.388 e. The van der Waals surface area contributed by atoms with E-state index in [-0.39, 0.29) is 23.7 Å². The van der Waals surface area contributed by atoms with Gasteiger partial charge in [0.25, 0.3) is 0 Å². The van der Waals surface area contributed by atoms with Crippen molar-refractivity contribution in [1.82, 2.24) is 0 Å². The Balaban J connectivity index is 1.98. The molecule has 0 radical (unpaired) electrons. The van der Waals surface area contributed by atoms with Gasteiger partial charge in [-0.05, 0) is 50.4 Å². The third-order valence-corrected chi connectivity index (χ3v) is 5.02. The van der Waals surface area contributed by atoms with Gasteiger partial charge >= 0.3 is 0 Å². The number of carbonyl (C=O) groups is 1. The van der Waals surface area contributed by atoms with Gasteiger partial charge in [-0.1, -0.05) is 0 Å². The second kappa shape index (κ2) is 2.83. The van der Waals surface area contributed by atoms with Crippen LogP contribution in [0.25, 0.3) is 0 Å². The van der Waals surface area contributed by atoms with Crippen LogP contribution in [-0.4, -0.2) is 22.5 Å². The molecular weight excluding hydrogens is 190 g/mol. The molecule has 0 aromatic rings. The Kier molecular flexibility index (Phi) is 1.85. The van der Waals surface area contributed by atoms with Crippen LogP contribution in [0.15, 0.2) is 0 Å². The largest absolute Gasteiger partial charge is 0.388 e. The number of Topliss-reactive ketones (excluding diaryl/α,β-unsaturated/α-hetero) is 1. The van der Waals surface area contributed by atoms with Crippen LogP contribution in [0.3, 0.4) is 0 Å². The first-order valence-corrected chi connectivity index (χ1v) is 6.00. The lowest BCUT2D eigenvalue weighted by Gasteiger charge is -2.60. The van der Waals surface area contributed by atoms with E-state index >= 15 is 0 Å². The molecule has 4 rings (SSSR count). The van der Waals surface area contributed by atoms with Gasteiger partial charge < -0.3 is 10.8 Å². The first-order valence-electron chi connectivity index (χ1n) is 6.00.